The number of ether oxygens (including phenoxy) is 1. The third-order valence-corrected chi connectivity index (χ3v) is 3.13. The second-order valence-corrected chi connectivity index (χ2v) is 4.30. The molecule has 2 aromatic carbocycles. The van der Waals surface area contributed by atoms with Gasteiger partial charge in [-0.15, -0.1) is 0 Å². The van der Waals surface area contributed by atoms with E-state index in [0.717, 1.165) is 16.9 Å². The molecule has 0 bridgehead atoms. The molecule has 0 heterocycles. The fourth-order valence-corrected chi connectivity index (χ4v) is 2.03. The summed E-state index contributed by atoms with van der Waals surface area (Å²) in [6, 6.07) is 11.1. The van der Waals surface area contributed by atoms with Crippen LogP contribution in [0.15, 0.2) is 36.4 Å². The smallest absolute Gasteiger partial charge is 0.249 e. The predicted molar refractivity (Wildman–Crippen MR) is 76.1 cm³/mol. The molecular formula is C15H16N2O2. The molecule has 0 spiro atoms. The number of carbonyl (C=O) groups excluding carboxylic acids is 1. The lowest BCUT2D eigenvalue weighted by atomic mass is 9.97. The van der Waals surface area contributed by atoms with E-state index in [2.05, 4.69) is 0 Å². The van der Waals surface area contributed by atoms with E-state index in [1.165, 1.54) is 0 Å². The van der Waals surface area contributed by atoms with Gasteiger partial charge in [-0.1, -0.05) is 18.2 Å². The van der Waals surface area contributed by atoms with Gasteiger partial charge in [-0.3, -0.25) is 4.79 Å². The second-order valence-electron chi connectivity index (χ2n) is 4.30. The van der Waals surface area contributed by atoms with Crippen molar-refractivity contribution in [1.29, 1.82) is 0 Å². The van der Waals surface area contributed by atoms with Gasteiger partial charge in [-0.2, -0.15) is 0 Å². The Morgan fingerprint density at radius 2 is 1.89 bits per heavy atom. The molecule has 0 aliphatic rings. The van der Waals surface area contributed by atoms with Crippen LogP contribution in [0.4, 0.5) is 5.69 Å². The van der Waals surface area contributed by atoms with Gasteiger partial charge >= 0.3 is 0 Å². The molecule has 0 atom stereocenters. The first-order valence-electron chi connectivity index (χ1n) is 5.88. The summed E-state index contributed by atoms with van der Waals surface area (Å²) in [7, 11) is 1.60. The highest BCUT2D eigenvalue weighted by Gasteiger charge is 2.12. The van der Waals surface area contributed by atoms with Crippen molar-refractivity contribution >= 4 is 11.6 Å². The molecule has 2 aromatic rings. The Morgan fingerprint density at radius 1 is 1.21 bits per heavy atom. The number of nitrogens with two attached hydrogens (primary N) is 2. The first-order chi connectivity index (χ1) is 9.04. The summed E-state index contributed by atoms with van der Waals surface area (Å²) in [6.07, 6.45) is 0. The van der Waals surface area contributed by atoms with Gasteiger partial charge in [0.15, 0.2) is 0 Å². The third-order valence-electron chi connectivity index (χ3n) is 3.13. The van der Waals surface area contributed by atoms with E-state index in [1.807, 2.05) is 30.3 Å². The maximum absolute atomic E-state index is 11.4. The highest BCUT2D eigenvalue weighted by molar-refractivity contribution is 5.97. The van der Waals surface area contributed by atoms with E-state index < -0.39 is 5.91 Å². The average molecular weight is 256 g/mol. The second kappa shape index (κ2) is 5.02. The van der Waals surface area contributed by atoms with E-state index >= 15 is 0 Å². The van der Waals surface area contributed by atoms with Gasteiger partial charge < -0.3 is 16.2 Å². The minimum Gasteiger partial charge on any atom is -0.496 e. The zero-order valence-electron chi connectivity index (χ0n) is 10.9. The molecule has 4 nitrogen and oxygen atoms in total. The molecule has 4 N–H and O–H groups in total. The van der Waals surface area contributed by atoms with Gasteiger partial charge in [0.1, 0.15) is 5.75 Å². The van der Waals surface area contributed by atoms with Crippen LogP contribution >= 0.6 is 0 Å². The van der Waals surface area contributed by atoms with Crippen molar-refractivity contribution in [3.05, 3.63) is 47.5 Å². The zero-order chi connectivity index (χ0) is 14.0. The van der Waals surface area contributed by atoms with Gasteiger partial charge in [0.05, 0.1) is 7.11 Å². The Morgan fingerprint density at radius 3 is 2.53 bits per heavy atom. The highest BCUT2D eigenvalue weighted by atomic mass is 16.5. The lowest BCUT2D eigenvalue weighted by Crippen LogP contribution is -2.14. The molecule has 0 aliphatic carbocycles. The van der Waals surface area contributed by atoms with Gasteiger partial charge in [0.25, 0.3) is 0 Å². The molecule has 0 saturated heterocycles. The van der Waals surface area contributed by atoms with Crippen molar-refractivity contribution in [2.75, 3.05) is 12.8 Å². The van der Waals surface area contributed by atoms with Crippen LogP contribution in [0, 0.1) is 6.92 Å². The summed E-state index contributed by atoms with van der Waals surface area (Å²) in [4.78, 5) is 11.4. The molecule has 98 valence electrons. The van der Waals surface area contributed by atoms with Crippen LogP contribution in [0.2, 0.25) is 0 Å². The van der Waals surface area contributed by atoms with E-state index in [9.17, 15) is 4.79 Å². The Kier molecular flexibility index (Phi) is 3.42. The van der Waals surface area contributed by atoms with Crippen molar-refractivity contribution < 1.29 is 9.53 Å². The van der Waals surface area contributed by atoms with Crippen molar-refractivity contribution in [3.63, 3.8) is 0 Å². The first-order valence-corrected chi connectivity index (χ1v) is 5.88. The van der Waals surface area contributed by atoms with Gasteiger partial charge in [0, 0.05) is 16.8 Å². The summed E-state index contributed by atoms with van der Waals surface area (Å²) in [5.74, 6) is 0.238. The van der Waals surface area contributed by atoms with Crippen LogP contribution in [-0.2, 0) is 0 Å². The number of rotatable bonds is 3. The molecule has 0 radical (unpaired) electrons. The van der Waals surface area contributed by atoms with Crippen molar-refractivity contribution in [2.45, 2.75) is 6.92 Å². The van der Waals surface area contributed by atoms with E-state index in [0.29, 0.717) is 16.8 Å². The molecule has 0 saturated carbocycles. The molecule has 0 aromatic heterocycles. The largest absolute Gasteiger partial charge is 0.496 e. The number of hydrogen-bond acceptors (Lipinski definition) is 3. The van der Waals surface area contributed by atoms with E-state index in [1.54, 1.807) is 20.1 Å². The van der Waals surface area contributed by atoms with Crippen LogP contribution < -0.4 is 16.2 Å². The number of nitrogen functional groups attached to an aromatic ring is 1. The van der Waals surface area contributed by atoms with Crippen LogP contribution in [-0.4, -0.2) is 13.0 Å². The molecule has 0 aliphatic heterocycles. The molecular weight excluding hydrogens is 240 g/mol. The third kappa shape index (κ3) is 2.38. The number of carbonyl (C=O) groups is 1. The summed E-state index contributed by atoms with van der Waals surface area (Å²) >= 11 is 0. The molecule has 2 rings (SSSR count). The molecule has 0 fully saturated rings. The number of primary amides is 1. The zero-order valence-corrected chi connectivity index (χ0v) is 10.9. The van der Waals surface area contributed by atoms with Crippen LogP contribution in [0.5, 0.6) is 5.75 Å². The average Bonchev–Trinajstić information content (AvgIpc) is 2.41. The van der Waals surface area contributed by atoms with E-state index in [-0.39, 0.29) is 0 Å². The lowest BCUT2D eigenvalue weighted by molar-refractivity contribution is 0.1000. The van der Waals surface area contributed by atoms with E-state index in [4.69, 9.17) is 16.2 Å². The topological polar surface area (TPSA) is 78.3 Å². The standard InChI is InChI=1S/C15H16N2O2/c1-9-12(15(17)18)7-10(8-13(9)16)11-5-3-4-6-14(11)19-2/h3-8H,16H2,1-2H3,(H2,17,18). The first kappa shape index (κ1) is 13.0. The fraction of sp³-hybridized carbons (Fsp3) is 0.133. The predicted octanol–water partition coefficient (Wildman–Crippen LogP) is 2.35. The summed E-state index contributed by atoms with van der Waals surface area (Å²) < 4.78 is 5.31. The Hall–Kier alpha value is -2.49. The monoisotopic (exact) mass is 256 g/mol. The fourth-order valence-electron chi connectivity index (χ4n) is 2.03. The van der Waals surface area contributed by atoms with Crippen LogP contribution in [0.25, 0.3) is 11.1 Å². The minimum absolute atomic E-state index is 0.431. The summed E-state index contributed by atoms with van der Waals surface area (Å²) in [6.45, 7) is 1.78. The van der Waals surface area contributed by atoms with Gasteiger partial charge in [0.2, 0.25) is 5.91 Å². The van der Waals surface area contributed by atoms with Crippen molar-refractivity contribution in [2.24, 2.45) is 5.73 Å². The lowest BCUT2D eigenvalue weighted by Gasteiger charge is -2.12. The maximum atomic E-state index is 11.4. The highest BCUT2D eigenvalue weighted by Crippen LogP contribution is 2.33. The van der Waals surface area contributed by atoms with Gasteiger partial charge in [-0.05, 0) is 36.2 Å². The van der Waals surface area contributed by atoms with Crippen molar-refractivity contribution in [3.8, 4) is 16.9 Å². The Labute approximate surface area is 112 Å². The minimum atomic E-state index is -0.485. The number of methoxy groups -OCH3 is 1. The van der Waals surface area contributed by atoms with Crippen molar-refractivity contribution in [1.82, 2.24) is 0 Å². The maximum Gasteiger partial charge on any atom is 0.249 e. The Bertz CT molecular complexity index is 636. The van der Waals surface area contributed by atoms with Crippen LogP contribution in [0.3, 0.4) is 0 Å². The summed E-state index contributed by atoms with van der Waals surface area (Å²) in [5, 5.41) is 0. The van der Waals surface area contributed by atoms with Gasteiger partial charge in [-0.25, -0.2) is 0 Å². The molecule has 19 heavy (non-hydrogen) atoms. The number of anilines is 1. The number of benzene rings is 2. The quantitative estimate of drug-likeness (QED) is 0.827. The normalized spacial score (nSPS) is 10.2. The number of amides is 1. The summed E-state index contributed by atoms with van der Waals surface area (Å²) in [5.41, 5.74) is 14.7. The SMILES string of the molecule is COc1ccccc1-c1cc(N)c(C)c(C(N)=O)c1. The molecule has 0 unspecified atom stereocenters. The number of hydrogen-bond donors (Lipinski definition) is 2. The van der Waals surface area contributed by atoms with Crippen LogP contribution in [0.1, 0.15) is 15.9 Å². The molecule has 4 heteroatoms. The Balaban J connectivity index is 2.66. The number of para-hydroxylation sites is 1. The molecule has 1 amide bonds.